The second kappa shape index (κ2) is 7.90. The Labute approximate surface area is 136 Å². The summed E-state index contributed by atoms with van der Waals surface area (Å²) in [6.07, 6.45) is 0. The monoisotopic (exact) mass is 314 g/mol. The van der Waals surface area contributed by atoms with Crippen LogP contribution in [0.15, 0.2) is 47.5 Å². The number of nitrogens with zero attached hydrogens (tertiary/aromatic N) is 1. The number of rotatable bonds is 5. The molecule has 0 aliphatic rings. The van der Waals surface area contributed by atoms with E-state index in [1.54, 1.807) is 0 Å². The Morgan fingerprint density at radius 3 is 2.55 bits per heavy atom. The van der Waals surface area contributed by atoms with Crippen LogP contribution in [0.2, 0.25) is 0 Å². The number of benzene rings is 2. The van der Waals surface area contributed by atoms with Crippen molar-refractivity contribution in [1.29, 1.82) is 0 Å². The normalized spacial score (nSPS) is 11.5. The molecule has 0 fully saturated rings. The summed E-state index contributed by atoms with van der Waals surface area (Å²) in [5, 5.41) is 0.566. The lowest BCUT2D eigenvalue weighted by atomic mass is 10.1. The number of para-hydroxylation sites is 1. The molecule has 0 saturated heterocycles. The highest BCUT2D eigenvalue weighted by molar-refractivity contribution is 8.13. The highest BCUT2D eigenvalue weighted by Gasteiger charge is 2.00. The van der Waals surface area contributed by atoms with Crippen molar-refractivity contribution in [2.24, 2.45) is 10.7 Å². The molecule has 0 aliphatic heterocycles. The summed E-state index contributed by atoms with van der Waals surface area (Å²) >= 11 is 1.51. The van der Waals surface area contributed by atoms with Crippen LogP contribution in [-0.2, 0) is 0 Å². The molecule has 3 nitrogen and oxygen atoms in total. The van der Waals surface area contributed by atoms with Gasteiger partial charge in [0.25, 0.3) is 0 Å². The molecule has 4 heteroatoms. The Bertz CT molecular complexity index is 668. The van der Waals surface area contributed by atoms with Crippen LogP contribution >= 0.6 is 11.8 Å². The topological polar surface area (TPSA) is 47.6 Å². The highest BCUT2D eigenvalue weighted by Crippen LogP contribution is 2.19. The number of thioether (sulfide) groups is 1. The molecule has 2 aromatic carbocycles. The molecule has 2 N–H and O–H groups in total. The van der Waals surface area contributed by atoms with Crippen molar-refractivity contribution < 1.29 is 4.74 Å². The van der Waals surface area contributed by atoms with E-state index in [0.29, 0.717) is 11.8 Å². The molecule has 0 radical (unpaired) electrons. The Balaban J connectivity index is 1.82. The average Bonchev–Trinajstić information content (AvgIpc) is 2.49. The lowest BCUT2D eigenvalue weighted by molar-refractivity contribution is 0.342. The standard InChI is InChI=1S/C18H22N2OS/c1-13-8-9-16(12-15(13)3)20-18(19)22-11-10-21-17-7-5-4-6-14(17)2/h4-9,12H,10-11H2,1-3H3,(H2,19,20). The van der Waals surface area contributed by atoms with Crippen LogP contribution in [0, 0.1) is 20.8 Å². The van der Waals surface area contributed by atoms with E-state index < -0.39 is 0 Å². The fourth-order valence-electron chi connectivity index (χ4n) is 1.97. The van der Waals surface area contributed by atoms with Crippen molar-refractivity contribution in [1.82, 2.24) is 0 Å². The fourth-order valence-corrected chi connectivity index (χ4v) is 2.52. The summed E-state index contributed by atoms with van der Waals surface area (Å²) < 4.78 is 5.74. The first-order valence-electron chi connectivity index (χ1n) is 7.29. The summed E-state index contributed by atoms with van der Waals surface area (Å²) in [5.41, 5.74) is 10.5. The Hall–Kier alpha value is -1.94. The molecular weight excluding hydrogens is 292 g/mol. The number of hydrogen-bond acceptors (Lipinski definition) is 3. The summed E-state index contributed by atoms with van der Waals surface area (Å²) in [4.78, 5) is 4.42. The summed E-state index contributed by atoms with van der Waals surface area (Å²) in [6, 6.07) is 14.1. The Morgan fingerprint density at radius 1 is 1.05 bits per heavy atom. The Morgan fingerprint density at radius 2 is 1.82 bits per heavy atom. The first-order chi connectivity index (χ1) is 10.6. The molecule has 0 heterocycles. The van der Waals surface area contributed by atoms with E-state index in [1.807, 2.05) is 43.3 Å². The zero-order valence-electron chi connectivity index (χ0n) is 13.3. The first kappa shape index (κ1) is 16.4. The summed E-state index contributed by atoms with van der Waals surface area (Å²) in [6.45, 7) is 6.81. The van der Waals surface area contributed by atoms with Crippen LogP contribution in [0.3, 0.4) is 0 Å². The number of ether oxygens (including phenoxy) is 1. The molecule has 2 rings (SSSR count). The van der Waals surface area contributed by atoms with Crippen molar-refractivity contribution >= 4 is 22.6 Å². The molecule has 2 aromatic rings. The minimum atomic E-state index is 0.566. The second-order valence-corrected chi connectivity index (χ2v) is 6.30. The van der Waals surface area contributed by atoms with Gasteiger partial charge in [0.15, 0.2) is 5.17 Å². The molecule has 0 bridgehead atoms. The minimum absolute atomic E-state index is 0.566. The van der Waals surface area contributed by atoms with E-state index in [0.717, 1.165) is 22.8 Å². The van der Waals surface area contributed by atoms with Gasteiger partial charge in [-0.1, -0.05) is 36.0 Å². The van der Waals surface area contributed by atoms with Crippen molar-refractivity contribution in [2.75, 3.05) is 12.4 Å². The molecule has 0 aromatic heterocycles. The van der Waals surface area contributed by atoms with Gasteiger partial charge in [0.05, 0.1) is 12.3 Å². The van der Waals surface area contributed by atoms with Crippen molar-refractivity contribution in [3.63, 3.8) is 0 Å². The predicted molar refractivity (Wildman–Crippen MR) is 96.3 cm³/mol. The zero-order chi connectivity index (χ0) is 15.9. The van der Waals surface area contributed by atoms with E-state index in [9.17, 15) is 0 Å². The van der Waals surface area contributed by atoms with Crippen LogP contribution in [0.25, 0.3) is 0 Å². The van der Waals surface area contributed by atoms with E-state index in [-0.39, 0.29) is 0 Å². The third-order valence-corrected chi connectivity index (χ3v) is 4.17. The molecule has 22 heavy (non-hydrogen) atoms. The second-order valence-electron chi connectivity index (χ2n) is 5.18. The van der Waals surface area contributed by atoms with Crippen molar-refractivity contribution in [3.05, 3.63) is 59.2 Å². The molecular formula is C18H22N2OS. The maximum absolute atomic E-state index is 5.96. The van der Waals surface area contributed by atoms with Crippen LogP contribution in [0.4, 0.5) is 5.69 Å². The van der Waals surface area contributed by atoms with E-state index in [1.165, 1.54) is 22.9 Å². The van der Waals surface area contributed by atoms with E-state index in [4.69, 9.17) is 10.5 Å². The third kappa shape index (κ3) is 4.81. The maximum Gasteiger partial charge on any atom is 0.159 e. The van der Waals surface area contributed by atoms with Gasteiger partial charge in [-0.15, -0.1) is 0 Å². The molecule has 116 valence electrons. The lowest BCUT2D eigenvalue weighted by Gasteiger charge is -2.08. The summed E-state index contributed by atoms with van der Waals surface area (Å²) in [5.74, 6) is 1.70. The summed E-state index contributed by atoms with van der Waals surface area (Å²) in [7, 11) is 0. The fraction of sp³-hybridized carbons (Fsp3) is 0.278. The van der Waals surface area contributed by atoms with Crippen LogP contribution < -0.4 is 10.5 Å². The average molecular weight is 314 g/mol. The molecule has 0 saturated carbocycles. The molecule has 0 unspecified atom stereocenters. The number of hydrogen-bond donors (Lipinski definition) is 1. The number of aryl methyl sites for hydroxylation is 3. The number of amidine groups is 1. The minimum Gasteiger partial charge on any atom is -0.492 e. The van der Waals surface area contributed by atoms with Gasteiger partial charge in [-0.05, 0) is 55.7 Å². The van der Waals surface area contributed by atoms with Gasteiger partial charge in [-0.2, -0.15) is 0 Å². The molecule has 0 spiro atoms. The zero-order valence-corrected chi connectivity index (χ0v) is 14.1. The third-order valence-electron chi connectivity index (χ3n) is 3.41. The van der Waals surface area contributed by atoms with E-state index in [2.05, 4.69) is 24.9 Å². The quantitative estimate of drug-likeness (QED) is 0.506. The van der Waals surface area contributed by atoms with Crippen LogP contribution in [0.1, 0.15) is 16.7 Å². The van der Waals surface area contributed by atoms with Gasteiger partial charge < -0.3 is 10.5 Å². The van der Waals surface area contributed by atoms with Gasteiger partial charge in [0.1, 0.15) is 5.75 Å². The van der Waals surface area contributed by atoms with Gasteiger partial charge >= 0.3 is 0 Å². The van der Waals surface area contributed by atoms with E-state index >= 15 is 0 Å². The first-order valence-corrected chi connectivity index (χ1v) is 8.27. The smallest absolute Gasteiger partial charge is 0.159 e. The molecule has 0 amide bonds. The van der Waals surface area contributed by atoms with Gasteiger partial charge in [-0.25, -0.2) is 4.99 Å². The van der Waals surface area contributed by atoms with Crippen LogP contribution in [-0.4, -0.2) is 17.5 Å². The SMILES string of the molecule is Cc1ccc(N=C(N)SCCOc2ccccc2C)cc1C. The highest BCUT2D eigenvalue weighted by atomic mass is 32.2. The van der Waals surface area contributed by atoms with Gasteiger partial charge in [0, 0.05) is 5.75 Å². The van der Waals surface area contributed by atoms with Crippen LogP contribution in [0.5, 0.6) is 5.75 Å². The number of nitrogens with two attached hydrogens (primary N) is 1. The molecule has 0 atom stereocenters. The molecule has 0 aliphatic carbocycles. The number of aliphatic imine (C=N–C) groups is 1. The lowest BCUT2D eigenvalue weighted by Crippen LogP contribution is -2.10. The van der Waals surface area contributed by atoms with Crippen molar-refractivity contribution in [2.45, 2.75) is 20.8 Å². The largest absolute Gasteiger partial charge is 0.492 e. The van der Waals surface area contributed by atoms with Gasteiger partial charge in [0.2, 0.25) is 0 Å². The van der Waals surface area contributed by atoms with Crippen molar-refractivity contribution in [3.8, 4) is 5.75 Å². The predicted octanol–water partition coefficient (Wildman–Crippen LogP) is 4.37. The van der Waals surface area contributed by atoms with Gasteiger partial charge in [-0.3, -0.25) is 0 Å². The Kier molecular flexibility index (Phi) is 5.90. The maximum atomic E-state index is 5.96.